The van der Waals surface area contributed by atoms with Gasteiger partial charge in [0.25, 0.3) is 5.91 Å². The van der Waals surface area contributed by atoms with Crippen molar-refractivity contribution < 1.29 is 9.53 Å². The SMILES string of the molecule is CSCCOc1nc2sc(C(=O)NC3CC3)c(N)c2c(C)c1Cl. The van der Waals surface area contributed by atoms with Crippen molar-refractivity contribution in [2.45, 2.75) is 25.8 Å². The van der Waals surface area contributed by atoms with Crippen LogP contribution < -0.4 is 15.8 Å². The van der Waals surface area contributed by atoms with Crippen LogP contribution >= 0.6 is 34.7 Å². The third-order valence-corrected chi connectivity index (χ3v) is 5.78. The Hall–Kier alpha value is -1.18. The Balaban J connectivity index is 1.97. The zero-order chi connectivity index (χ0) is 16.6. The molecule has 2 aromatic rings. The number of hydrogen-bond donors (Lipinski definition) is 2. The van der Waals surface area contributed by atoms with E-state index in [2.05, 4.69) is 10.3 Å². The molecule has 0 unspecified atom stereocenters. The molecule has 124 valence electrons. The summed E-state index contributed by atoms with van der Waals surface area (Å²) in [4.78, 5) is 17.9. The number of rotatable bonds is 6. The molecule has 0 atom stereocenters. The number of anilines is 1. The minimum atomic E-state index is -0.131. The lowest BCUT2D eigenvalue weighted by Gasteiger charge is -2.09. The molecule has 0 bridgehead atoms. The number of fused-ring (bicyclic) bond motifs is 1. The van der Waals surface area contributed by atoms with Crippen LogP contribution in [0.3, 0.4) is 0 Å². The molecule has 23 heavy (non-hydrogen) atoms. The highest BCUT2D eigenvalue weighted by Crippen LogP contribution is 2.40. The second-order valence-electron chi connectivity index (χ2n) is 5.47. The first-order valence-corrected chi connectivity index (χ1v) is 9.92. The number of carbonyl (C=O) groups is 1. The van der Waals surface area contributed by atoms with Gasteiger partial charge in [0.1, 0.15) is 14.7 Å². The van der Waals surface area contributed by atoms with Crippen LogP contribution in [0.5, 0.6) is 5.88 Å². The van der Waals surface area contributed by atoms with Gasteiger partial charge in [-0.2, -0.15) is 11.8 Å². The quantitative estimate of drug-likeness (QED) is 0.760. The molecule has 0 aliphatic heterocycles. The predicted molar refractivity (Wildman–Crippen MR) is 98.1 cm³/mol. The van der Waals surface area contributed by atoms with Gasteiger partial charge >= 0.3 is 0 Å². The van der Waals surface area contributed by atoms with Crippen LogP contribution in [0.15, 0.2) is 0 Å². The number of thiophene rings is 1. The molecule has 0 saturated heterocycles. The fourth-order valence-electron chi connectivity index (χ4n) is 2.25. The van der Waals surface area contributed by atoms with Gasteiger partial charge in [-0.15, -0.1) is 11.3 Å². The Bertz CT molecular complexity index is 759. The van der Waals surface area contributed by atoms with Crippen LogP contribution in [-0.2, 0) is 0 Å². The van der Waals surface area contributed by atoms with E-state index in [0.717, 1.165) is 29.5 Å². The highest BCUT2D eigenvalue weighted by molar-refractivity contribution is 7.98. The average Bonchev–Trinajstić information content (AvgIpc) is 3.26. The molecule has 5 nitrogen and oxygen atoms in total. The van der Waals surface area contributed by atoms with E-state index in [0.29, 0.717) is 32.9 Å². The first kappa shape index (κ1) is 16.7. The van der Waals surface area contributed by atoms with E-state index >= 15 is 0 Å². The van der Waals surface area contributed by atoms with Crippen molar-refractivity contribution in [1.29, 1.82) is 0 Å². The lowest BCUT2D eigenvalue weighted by Crippen LogP contribution is -2.25. The molecule has 8 heteroatoms. The Morgan fingerprint density at radius 3 is 2.96 bits per heavy atom. The molecule has 1 aliphatic rings. The number of hydrogen-bond acceptors (Lipinski definition) is 6. The van der Waals surface area contributed by atoms with Gasteiger partial charge in [0.2, 0.25) is 5.88 Å². The minimum absolute atomic E-state index is 0.131. The third-order valence-electron chi connectivity index (χ3n) is 3.67. The van der Waals surface area contributed by atoms with E-state index in [9.17, 15) is 4.79 Å². The van der Waals surface area contributed by atoms with Crippen molar-refractivity contribution >= 4 is 56.5 Å². The number of ether oxygens (including phenoxy) is 1. The molecule has 1 amide bonds. The van der Waals surface area contributed by atoms with Gasteiger partial charge < -0.3 is 15.8 Å². The standard InChI is InChI=1S/C15H18ClN3O2S2/c1-7-9-11(17)12(13(20)18-8-3-4-8)23-15(9)19-14(10(7)16)21-5-6-22-2/h8H,3-6,17H2,1-2H3,(H,18,20). The van der Waals surface area contributed by atoms with E-state index in [4.69, 9.17) is 22.1 Å². The number of carbonyl (C=O) groups excluding carboxylic acids is 1. The number of thioether (sulfide) groups is 1. The fraction of sp³-hybridized carbons (Fsp3) is 0.467. The molecule has 1 saturated carbocycles. The van der Waals surface area contributed by atoms with Crippen LogP contribution in [0.1, 0.15) is 28.1 Å². The maximum atomic E-state index is 12.3. The summed E-state index contributed by atoms with van der Waals surface area (Å²) in [6.45, 7) is 2.41. The largest absolute Gasteiger partial charge is 0.476 e. The Labute approximate surface area is 147 Å². The maximum absolute atomic E-state index is 12.3. The summed E-state index contributed by atoms with van der Waals surface area (Å²) in [6.07, 6.45) is 4.08. The Kier molecular flexibility index (Phi) is 4.89. The summed E-state index contributed by atoms with van der Waals surface area (Å²) in [5.74, 6) is 1.13. The van der Waals surface area contributed by atoms with Crippen LogP contribution in [0, 0.1) is 6.92 Å². The lowest BCUT2D eigenvalue weighted by molar-refractivity contribution is 0.0956. The number of amides is 1. The first-order valence-electron chi connectivity index (χ1n) is 7.33. The summed E-state index contributed by atoms with van der Waals surface area (Å²) >= 11 is 9.34. The topological polar surface area (TPSA) is 77.2 Å². The van der Waals surface area contributed by atoms with E-state index in [1.807, 2.05) is 13.2 Å². The predicted octanol–water partition coefficient (Wildman–Crippen LogP) is 3.47. The molecule has 1 aliphatic carbocycles. The number of nitrogen functional groups attached to an aromatic ring is 1. The molecule has 1 fully saturated rings. The molecule has 3 N–H and O–H groups in total. The highest BCUT2D eigenvalue weighted by Gasteiger charge is 2.27. The van der Waals surface area contributed by atoms with Crippen LogP contribution in [0.25, 0.3) is 10.2 Å². The van der Waals surface area contributed by atoms with Crippen molar-refractivity contribution in [3.05, 3.63) is 15.5 Å². The third kappa shape index (κ3) is 3.36. The normalized spacial score (nSPS) is 14.2. The summed E-state index contributed by atoms with van der Waals surface area (Å²) in [6, 6.07) is 0.287. The number of halogens is 1. The Morgan fingerprint density at radius 1 is 1.57 bits per heavy atom. The zero-order valence-corrected chi connectivity index (χ0v) is 15.3. The smallest absolute Gasteiger partial charge is 0.263 e. The molecule has 2 aromatic heterocycles. The fourth-order valence-corrected chi connectivity index (χ4v) is 3.74. The molecule has 0 aromatic carbocycles. The molecule has 0 radical (unpaired) electrons. The molecular weight excluding hydrogens is 354 g/mol. The lowest BCUT2D eigenvalue weighted by atomic mass is 10.1. The average molecular weight is 372 g/mol. The molecule has 0 spiro atoms. The van der Waals surface area contributed by atoms with E-state index in [1.54, 1.807) is 11.8 Å². The van der Waals surface area contributed by atoms with Crippen molar-refractivity contribution in [2.75, 3.05) is 24.3 Å². The monoisotopic (exact) mass is 371 g/mol. The van der Waals surface area contributed by atoms with Crippen LogP contribution in [0.2, 0.25) is 5.02 Å². The number of nitrogens with zero attached hydrogens (tertiary/aromatic N) is 1. The minimum Gasteiger partial charge on any atom is -0.476 e. The van der Waals surface area contributed by atoms with Crippen molar-refractivity contribution in [2.24, 2.45) is 0 Å². The van der Waals surface area contributed by atoms with Crippen molar-refractivity contribution in [1.82, 2.24) is 10.3 Å². The van der Waals surface area contributed by atoms with Gasteiger partial charge in [0.15, 0.2) is 0 Å². The van der Waals surface area contributed by atoms with Gasteiger partial charge in [-0.3, -0.25) is 4.79 Å². The molecular formula is C15H18ClN3O2S2. The van der Waals surface area contributed by atoms with E-state index in [1.165, 1.54) is 11.3 Å². The number of nitrogens with one attached hydrogen (secondary N) is 1. The van der Waals surface area contributed by atoms with Gasteiger partial charge in [0, 0.05) is 17.2 Å². The number of nitrogens with two attached hydrogens (primary N) is 1. The summed E-state index contributed by atoms with van der Waals surface area (Å²) in [5.41, 5.74) is 7.43. The first-order chi connectivity index (χ1) is 11.0. The van der Waals surface area contributed by atoms with Crippen molar-refractivity contribution in [3.8, 4) is 5.88 Å². The second kappa shape index (κ2) is 6.75. The summed E-state index contributed by atoms with van der Waals surface area (Å²) < 4.78 is 5.65. The summed E-state index contributed by atoms with van der Waals surface area (Å²) in [7, 11) is 0. The molecule has 3 rings (SSSR count). The molecule has 2 heterocycles. The maximum Gasteiger partial charge on any atom is 0.263 e. The Morgan fingerprint density at radius 2 is 2.30 bits per heavy atom. The summed E-state index contributed by atoms with van der Waals surface area (Å²) in [5, 5.41) is 4.16. The van der Waals surface area contributed by atoms with Gasteiger partial charge in [-0.1, -0.05) is 11.6 Å². The van der Waals surface area contributed by atoms with Gasteiger partial charge in [-0.05, 0) is 31.6 Å². The van der Waals surface area contributed by atoms with E-state index < -0.39 is 0 Å². The number of aryl methyl sites for hydroxylation is 1. The second-order valence-corrected chi connectivity index (χ2v) is 7.83. The number of pyridine rings is 1. The van der Waals surface area contributed by atoms with E-state index in [-0.39, 0.29) is 11.9 Å². The number of aromatic nitrogens is 1. The zero-order valence-electron chi connectivity index (χ0n) is 12.9. The van der Waals surface area contributed by atoms with Gasteiger partial charge in [-0.25, -0.2) is 4.98 Å². The van der Waals surface area contributed by atoms with Crippen LogP contribution in [0.4, 0.5) is 5.69 Å². The van der Waals surface area contributed by atoms with Crippen molar-refractivity contribution in [3.63, 3.8) is 0 Å². The highest BCUT2D eigenvalue weighted by atomic mass is 35.5. The van der Waals surface area contributed by atoms with Gasteiger partial charge in [0.05, 0.1) is 12.3 Å². The van der Waals surface area contributed by atoms with Crippen LogP contribution in [-0.4, -0.2) is 35.5 Å².